The summed E-state index contributed by atoms with van der Waals surface area (Å²) in [7, 11) is -2.23. The standard InChI is InChI=1S/C13H13ClO5S/c1-2-18-13(15)19-11-6-3-8-7-9(20(16)17)4-5-10(8)12(11)14/h3-6,10,12H,2,7H2,1H3. The van der Waals surface area contributed by atoms with Crippen molar-refractivity contribution in [2.75, 3.05) is 6.61 Å². The van der Waals surface area contributed by atoms with E-state index in [1.165, 1.54) is 6.08 Å². The van der Waals surface area contributed by atoms with Crippen LogP contribution in [0.15, 0.2) is 35.6 Å². The summed E-state index contributed by atoms with van der Waals surface area (Å²) in [4.78, 5) is 11.6. The molecule has 0 amide bonds. The summed E-state index contributed by atoms with van der Waals surface area (Å²) in [6.45, 7) is 1.90. The van der Waals surface area contributed by atoms with Gasteiger partial charge in [-0.05, 0) is 19.1 Å². The molecule has 0 radical (unpaired) electrons. The van der Waals surface area contributed by atoms with Gasteiger partial charge in [-0.25, -0.2) is 4.79 Å². The van der Waals surface area contributed by atoms with Crippen LogP contribution in [0.25, 0.3) is 0 Å². The molecule has 2 unspecified atom stereocenters. The van der Waals surface area contributed by atoms with Gasteiger partial charge < -0.3 is 9.47 Å². The van der Waals surface area contributed by atoms with Crippen molar-refractivity contribution in [3.63, 3.8) is 0 Å². The molecule has 0 heterocycles. The van der Waals surface area contributed by atoms with Gasteiger partial charge in [-0.2, -0.15) is 8.42 Å². The number of halogens is 1. The molecule has 0 N–H and O–H groups in total. The Bertz CT molecular complexity index is 634. The second-order valence-electron chi connectivity index (χ2n) is 4.26. The van der Waals surface area contributed by atoms with Crippen LogP contribution in [-0.4, -0.2) is 31.4 Å². The molecule has 0 aromatic carbocycles. The largest absolute Gasteiger partial charge is 0.513 e. The highest BCUT2D eigenvalue weighted by molar-refractivity contribution is 7.73. The third-order valence-electron chi connectivity index (χ3n) is 3.02. The Hall–Kier alpha value is -1.53. The average molecular weight is 317 g/mol. The van der Waals surface area contributed by atoms with Crippen molar-refractivity contribution in [1.29, 1.82) is 0 Å². The Labute approximate surface area is 123 Å². The second kappa shape index (κ2) is 6.28. The summed E-state index contributed by atoms with van der Waals surface area (Å²) in [6.07, 6.45) is 6.07. The summed E-state index contributed by atoms with van der Waals surface area (Å²) in [5.74, 6) is 0.119. The van der Waals surface area contributed by atoms with Crippen LogP contribution in [0, 0.1) is 5.92 Å². The molecule has 2 aliphatic rings. The maximum Gasteiger partial charge on any atom is 0.513 e. The summed E-state index contributed by atoms with van der Waals surface area (Å²) in [6, 6.07) is 0. The number of rotatable bonds is 2. The molecule has 20 heavy (non-hydrogen) atoms. The first-order valence-corrected chi connectivity index (χ1v) is 7.56. The third kappa shape index (κ3) is 3.13. The number of hydrogen-bond acceptors (Lipinski definition) is 5. The van der Waals surface area contributed by atoms with Gasteiger partial charge in [0.15, 0.2) is 0 Å². The fraction of sp³-hybridized carbons (Fsp3) is 0.385. The van der Waals surface area contributed by atoms with Gasteiger partial charge in [-0.1, -0.05) is 17.7 Å². The van der Waals surface area contributed by atoms with Crippen molar-refractivity contribution in [1.82, 2.24) is 0 Å². The molecule has 0 aliphatic heterocycles. The average Bonchev–Trinajstić information content (AvgIpc) is 2.42. The molecular weight excluding hydrogens is 304 g/mol. The molecule has 0 bridgehead atoms. The first-order chi connectivity index (χ1) is 9.52. The summed E-state index contributed by atoms with van der Waals surface area (Å²) in [5.41, 5.74) is 0.878. The van der Waals surface area contributed by atoms with Gasteiger partial charge >= 0.3 is 6.16 Å². The number of carbonyl (C=O) groups is 1. The molecule has 0 fully saturated rings. The van der Waals surface area contributed by atoms with Crippen LogP contribution in [0.4, 0.5) is 4.79 Å². The van der Waals surface area contributed by atoms with E-state index in [2.05, 4.69) is 0 Å². The zero-order valence-electron chi connectivity index (χ0n) is 10.7. The molecule has 2 rings (SSSR count). The van der Waals surface area contributed by atoms with Crippen molar-refractivity contribution >= 4 is 32.9 Å². The van der Waals surface area contributed by atoms with E-state index in [0.717, 1.165) is 5.57 Å². The molecule has 0 spiro atoms. The Kier molecular flexibility index (Phi) is 4.67. The number of fused-ring (bicyclic) bond motifs is 1. The monoisotopic (exact) mass is 316 g/mol. The minimum Gasteiger partial charge on any atom is -0.434 e. The van der Waals surface area contributed by atoms with Crippen LogP contribution < -0.4 is 0 Å². The van der Waals surface area contributed by atoms with E-state index in [4.69, 9.17) is 21.1 Å². The second-order valence-corrected chi connectivity index (χ2v) is 5.72. The highest BCUT2D eigenvalue weighted by Crippen LogP contribution is 2.36. The van der Waals surface area contributed by atoms with Crippen LogP contribution >= 0.6 is 11.6 Å². The number of alkyl halides is 1. The Balaban J connectivity index is 2.21. The van der Waals surface area contributed by atoms with Gasteiger partial charge in [0, 0.05) is 12.3 Å². The molecule has 108 valence electrons. The van der Waals surface area contributed by atoms with Gasteiger partial charge in [0.2, 0.25) is 10.3 Å². The highest BCUT2D eigenvalue weighted by atomic mass is 35.5. The van der Waals surface area contributed by atoms with Gasteiger partial charge in [0.25, 0.3) is 0 Å². The lowest BCUT2D eigenvalue weighted by Crippen LogP contribution is -2.27. The number of hydrogen-bond donors (Lipinski definition) is 0. The van der Waals surface area contributed by atoms with Gasteiger partial charge in [-0.3, -0.25) is 0 Å². The fourth-order valence-corrected chi connectivity index (χ4v) is 2.91. The molecule has 0 aromatic rings. The molecule has 0 aromatic heterocycles. The van der Waals surface area contributed by atoms with E-state index in [1.54, 1.807) is 25.2 Å². The van der Waals surface area contributed by atoms with Crippen molar-refractivity contribution in [2.24, 2.45) is 5.92 Å². The molecule has 0 saturated heterocycles. The predicted octanol–water partition coefficient (Wildman–Crippen LogP) is 2.22. The van der Waals surface area contributed by atoms with E-state index < -0.39 is 21.8 Å². The molecule has 7 heteroatoms. The molecule has 2 atom stereocenters. The Morgan fingerprint density at radius 3 is 2.85 bits per heavy atom. The third-order valence-corrected chi connectivity index (χ3v) is 4.22. The predicted molar refractivity (Wildman–Crippen MR) is 75.1 cm³/mol. The molecule has 0 saturated carbocycles. The highest BCUT2D eigenvalue weighted by Gasteiger charge is 2.32. The van der Waals surface area contributed by atoms with E-state index in [1.807, 2.05) is 0 Å². The molecular formula is C13H13ClO5S. The lowest BCUT2D eigenvalue weighted by molar-refractivity contribution is 0.0788. The lowest BCUT2D eigenvalue weighted by atomic mass is 9.83. The maximum absolute atomic E-state index is 11.3. The maximum atomic E-state index is 11.3. The summed E-state index contributed by atoms with van der Waals surface area (Å²) >= 11 is 6.27. The van der Waals surface area contributed by atoms with E-state index in [-0.39, 0.29) is 12.5 Å². The Morgan fingerprint density at radius 1 is 1.45 bits per heavy atom. The zero-order valence-corrected chi connectivity index (χ0v) is 12.3. The molecule has 2 aliphatic carbocycles. The van der Waals surface area contributed by atoms with Gasteiger partial charge in [0.1, 0.15) is 11.1 Å². The van der Waals surface area contributed by atoms with Crippen LogP contribution in [-0.2, 0) is 19.8 Å². The normalized spacial score (nSPS) is 24.4. The fourth-order valence-electron chi connectivity index (χ4n) is 2.07. The quantitative estimate of drug-likeness (QED) is 0.444. The minimum absolute atomic E-state index is 0.182. The molecule has 5 nitrogen and oxygen atoms in total. The van der Waals surface area contributed by atoms with Gasteiger partial charge in [0.05, 0.1) is 11.5 Å². The minimum atomic E-state index is -2.23. The van der Waals surface area contributed by atoms with Gasteiger partial charge in [-0.15, -0.1) is 11.6 Å². The SMILES string of the molecule is CCOC(=O)OC1=CC=C2CC(=S(=O)=O)C=CC2C1Cl. The van der Waals surface area contributed by atoms with Crippen molar-refractivity contribution in [2.45, 2.75) is 18.7 Å². The summed E-state index contributed by atoms with van der Waals surface area (Å²) < 4.78 is 31.6. The van der Waals surface area contributed by atoms with Crippen molar-refractivity contribution in [3.05, 3.63) is 35.6 Å². The summed E-state index contributed by atoms with van der Waals surface area (Å²) in [5, 5.41) is -0.558. The zero-order chi connectivity index (χ0) is 14.7. The van der Waals surface area contributed by atoms with E-state index in [0.29, 0.717) is 17.0 Å². The van der Waals surface area contributed by atoms with Crippen LogP contribution in [0.2, 0.25) is 0 Å². The number of allylic oxidation sites excluding steroid dienone is 6. The first kappa shape index (κ1) is 14.9. The van der Waals surface area contributed by atoms with Crippen LogP contribution in [0.3, 0.4) is 0 Å². The smallest absolute Gasteiger partial charge is 0.434 e. The van der Waals surface area contributed by atoms with Crippen molar-refractivity contribution in [3.8, 4) is 0 Å². The van der Waals surface area contributed by atoms with E-state index in [9.17, 15) is 13.2 Å². The van der Waals surface area contributed by atoms with E-state index >= 15 is 0 Å². The topological polar surface area (TPSA) is 69.7 Å². The number of ether oxygens (including phenoxy) is 2. The number of carbonyl (C=O) groups excluding carboxylic acids is 1. The lowest BCUT2D eigenvalue weighted by Gasteiger charge is -2.28. The van der Waals surface area contributed by atoms with Crippen molar-refractivity contribution < 1.29 is 22.7 Å². The van der Waals surface area contributed by atoms with Crippen LogP contribution in [0.1, 0.15) is 13.3 Å². The van der Waals surface area contributed by atoms with Crippen LogP contribution in [0.5, 0.6) is 0 Å². The first-order valence-electron chi connectivity index (χ1n) is 6.05. The Morgan fingerprint density at radius 2 is 2.20 bits per heavy atom.